The maximum atomic E-state index is 12.1. The Hall–Kier alpha value is -0.820. The highest BCUT2D eigenvalue weighted by molar-refractivity contribution is 7.89. The van der Waals surface area contributed by atoms with Crippen LogP contribution in [0.4, 0.5) is 0 Å². The fourth-order valence-electron chi connectivity index (χ4n) is 1.41. The summed E-state index contributed by atoms with van der Waals surface area (Å²) in [6, 6.07) is 3.60. The van der Waals surface area contributed by atoms with E-state index in [1.54, 1.807) is 6.92 Å². The average molecular weight is 326 g/mol. The molecule has 19 heavy (non-hydrogen) atoms. The van der Waals surface area contributed by atoms with Crippen LogP contribution in [0.1, 0.15) is 19.8 Å². The topological polar surface area (TPSA) is 83.5 Å². The predicted molar refractivity (Wildman–Crippen MR) is 73.1 cm³/mol. The molecule has 1 aromatic rings. The number of sulfonamides is 1. The van der Waals surface area contributed by atoms with Crippen LogP contribution >= 0.6 is 23.2 Å². The summed E-state index contributed by atoms with van der Waals surface area (Å²) in [6.07, 6.45) is 0.0692. The van der Waals surface area contributed by atoms with Crippen molar-refractivity contribution in [2.75, 3.05) is 0 Å². The van der Waals surface area contributed by atoms with Crippen molar-refractivity contribution < 1.29 is 18.3 Å². The van der Waals surface area contributed by atoms with Crippen LogP contribution < -0.4 is 4.72 Å². The fraction of sp³-hybridized carbons (Fsp3) is 0.364. The van der Waals surface area contributed by atoms with Crippen LogP contribution in [0.5, 0.6) is 0 Å². The number of halogens is 2. The molecule has 0 bridgehead atoms. The van der Waals surface area contributed by atoms with Crippen molar-refractivity contribution in [3.63, 3.8) is 0 Å². The van der Waals surface area contributed by atoms with Gasteiger partial charge in [0.25, 0.3) is 0 Å². The van der Waals surface area contributed by atoms with E-state index in [4.69, 9.17) is 28.3 Å². The van der Waals surface area contributed by atoms with Crippen LogP contribution in [-0.2, 0) is 14.8 Å². The van der Waals surface area contributed by atoms with E-state index >= 15 is 0 Å². The van der Waals surface area contributed by atoms with Crippen LogP contribution in [0.2, 0.25) is 10.0 Å². The molecule has 5 nitrogen and oxygen atoms in total. The summed E-state index contributed by atoms with van der Waals surface area (Å²) >= 11 is 11.6. The van der Waals surface area contributed by atoms with Crippen molar-refractivity contribution in [1.82, 2.24) is 4.72 Å². The van der Waals surface area contributed by atoms with Gasteiger partial charge in [0.2, 0.25) is 10.0 Å². The minimum atomic E-state index is -3.82. The van der Waals surface area contributed by atoms with Crippen LogP contribution in [0.3, 0.4) is 0 Å². The van der Waals surface area contributed by atoms with Gasteiger partial charge < -0.3 is 5.11 Å². The van der Waals surface area contributed by atoms with E-state index in [1.807, 2.05) is 0 Å². The molecule has 8 heteroatoms. The molecule has 0 saturated heterocycles. The largest absolute Gasteiger partial charge is 0.481 e. The van der Waals surface area contributed by atoms with Crippen LogP contribution in [0.25, 0.3) is 0 Å². The van der Waals surface area contributed by atoms with Crippen molar-refractivity contribution >= 4 is 39.2 Å². The molecule has 1 atom stereocenters. The molecule has 1 rings (SSSR count). The lowest BCUT2D eigenvalue weighted by Crippen LogP contribution is -2.33. The third-order valence-corrected chi connectivity index (χ3v) is 4.64. The second-order valence-electron chi connectivity index (χ2n) is 4.03. The molecular weight excluding hydrogens is 313 g/mol. The summed E-state index contributed by atoms with van der Waals surface area (Å²) in [7, 11) is -3.82. The lowest BCUT2D eigenvalue weighted by Gasteiger charge is -2.14. The van der Waals surface area contributed by atoms with Gasteiger partial charge >= 0.3 is 5.97 Å². The number of nitrogens with one attached hydrogen (secondary N) is 1. The van der Waals surface area contributed by atoms with Crippen molar-refractivity contribution in [2.45, 2.75) is 30.7 Å². The van der Waals surface area contributed by atoms with Crippen molar-refractivity contribution in [2.24, 2.45) is 0 Å². The molecule has 2 N–H and O–H groups in total. The van der Waals surface area contributed by atoms with Crippen LogP contribution in [0, 0.1) is 0 Å². The zero-order valence-corrected chi connectivity index (χ0v) is 12.4. The first kappa shape index (κ1) is 16.2. The van der Waals surface area contributed by atoms with E-state index in [-0.39, 0.29) is 27.8 Å². The van der Waals surface area contributed by atoms with Crippen molar-refractivity contribution in [3.8, 4) is 0 Å². The lowest BCUT2D eigenvalue weighted by molar-refractivity contribution is -0.137. The van der Waals surface area contributed by atoms with Crippen LogP contribution in [-0.4, -0.2) is 25.5 Å². The lowest BCUT2D eigenvalue weighted by atomic mass is 10.2. The molecule has 0 heterocycles. The zero-order chi connectivity index (χ0) is 14.6. The predicted octanol–water partition coefficient (Wildman–Crippen LogP) is 2.53. The Morgan fingerprint density at radius 3 is 2.63 bits per heavy atom. The Labute approximate surface area is 121 Å². The fourth-order valence-corrected chi connectivity index (χ4v) is 3.45. The highest BCUT2D eigenvalue weighted by Crippen LogP contribution is 2.25. The molecule has 1 unspecified atom stereocenters. The van der Waals surface area contributed by atoms with Gasteiger partial charge in [-0.15, -0.1) is 0 Å². The number of benzene rings is 1. The molecule has 0 spiro atoms. The summed E-state index contributed by atoms with van der Waals surface area (Å²) in [5.41, 5.74) is 0. The molecule has 106 valence electrons. The van der Waals surface area contributed by atoms with Gasteiger partial charge in [-0.3, -0.25) is 4.79 Å². The van der Waals surface area contributed by atoms with Crippen LogP contribution in [0.15, 0.2) is 23.1 Å². The highest BCUT2D eigenvalue weighted by Gasteiger charge is 2.21. The Bertz CT molecular complexity index is 574. The molecule has 0 aliphatic carbocycles. The third-order valence-electron chi connectivity index (χ3n) is 2.33. The highest BCUT2D eigenvalue weighted by atomic mass is 35.5. The number of hydrogen-bond acceptors (Lipinski definition) is 3. The number of carboxylic acid groups (broad SMARTS) is 1. The zero-order valence-electron chi connectivity index (χ0n) is 10.1. The van der Waals surface area contributed by atoms with Gasteiger partial charge in [0.05, 0.1) is 5.02 Å². The molecule has 0 fully saturated rings. The van der Waals surface area contributed by atoms with Crippen molar-refractivity contribution in [1.29, 1.82) is 0 Å². The maximum Gasteiger partial charge on any atom is 0.303 e. The van der Waals surface area contributed by atoms with Gasteiger partial charge in [-0.05, 0) is 31.5 Å². The Balaban J connectivity index is 2.86. The number of rotatable bonds is 6. The molecule has 0 aliphatic heterocycles. The molecule has 0 aliphatic rings. The summed E-state index contributed by atoms with van der Waals surface area (Å²) in [4.78, 5) is 10.3. The molecule has 0 radical (unpaired) electrons. The number of carboxylic acids is 1. The van der Waals surface area contributed by atoms with E-state index in [9.17, 15) is 13.2 Å². The second kappa shape index (κ2) is 6.56. The molecular formula is C11H13Cl2NO4S. The van der Waals surface area contributed by atoms with Gasteiger partial charge in [-0.1, -0.05) is 23.2 Å². The van der Waals surface area contributed by atoms with Gasteiger partial charge in [-0.2, -0.15) is 0 Å². The summed E-state index contributed by atoms with van der Waals surface area (Å²) in [5.74, 6) is -0.980. The standard InChI is InChI=1S/C11H13Cl2NO4S/c1-7(2-5-11(15)16)14-19(17,18)10-6-8(12)3-4-9(10)13/h3-4,6-7,14H,2,5H2,1H3,(H,15,16). The Morgan fingerprint density at radius 1 is 1.42 bits per heavy atom. The van der Waals surface area contributed by atoms with Gasteiger partial charge in [0, 0.05) is 17.5 Å². The van der Waals surface area contributed by atoms with Gasteiger partial charge in [0.15, 0.2) is 0 Å². The first-order chi connectivity index (χ1) is 8.72. The van der Waals surface area contributed by atoms with E-state index in [0.717, 1.165) is 0 Å². The van der Waals surface area contributed by atoms with E-state index in [2.05, 4.69) is 4.72 Å². The van der Waals surface area contributed by atoms with Gasteiger partial charge in [-0.25, -0.2) is 13.1 Å². The molecule has 0 amide bonds. The summed E-state index contributed by atoms with van der Waals surface area (Å²) in [6.45, 7) is 1.58. The average Bonchev–Trinajstić information content (AvgIpc) is 2.29. The Morgan fingerprint density at radius 2 is 2.05 bits per heavy atom. The summed E-state index contributed by atoms with van der Waals surface area (Å²) in [5, 5.41) is 8.85. The summed E-state index contributed by atoms with van der Waals surface area (Å²) < 4.78 is 26.5. The smallest absolute Gasteiger partial charge is 0.303 e. The van der Waals surface area contributed by atoms with E-state index in [1.165, 1.54) is 18.2 Å². The molecule has 1 aromatic carbocycles. The minimum absolute atomic E-state index is 0.0577. The Kier molecular flexibility index (Phi) is 5.61. The van der Waals surface area contributed by atoms with Gasteiger partial charge in [0.1, 0.15) is 4.90 Å². The first-order valence-electron chi connectivity index (χ1n) is 5.41. The quantitative estimate of drug-likeness (QED) is 0.841. The molecule has 0 aromatic heterocycles. The number of hydrogen-bond donors (Lipinski definition) is 2. The SMILES string of the molecule is CC(CCC(=O)O)NS(=O)(=O)c1cc(Cl)ccc1Cl. The monoisotopic (exact) mass is 325 g/mol. The first-order valence-corrected chi connectivity index (χ1v) is 7.65. The van der Waals surface area contributed by atoms with E-state index < -0.39 is 22.0 Å². The minimum Gasteiger partial charge on any atom is -0.481 e. The maximum absolute atomic E-state index is 12.1. The molecule has 0 saturated carbocycles. The van der Waals surface area contributed by atoms with Crippen molar-refractivity contribution in [3.05, 3.63) is 28.2 Å². The second-order valence-corrected chi connectivity index (χ2v) is 6.56. The number of carbonyl (C=O) groups is 1. The normalized spacial score (nSPS) is 13.2. The number of aliphatic carboxylic acids is 1. The third kappa shape index (κ3) is 4.99. The van der Waals surface area contributed by atoms with E-state index in [0.29, 0.717) is 0 Å².